The summed E-state index contributed by atoms with van der Waals surface area (Å²) in [7, 11) is 0. The molecule has 0 radical (unpaired) electrons. The maximum Gasteiger partial charge on any atom is 0.140 e. The molecule has 3 heteroatoms. The van der Waals surface area contributed by atoms with Crippen molar-refractivity contribution in [1.29, 1.82) is 0 Å². The van der Waals surface area contributed by atoms with Crippen molar-refractivity contribution in [3.8, 4) is 0 Å². The molecule has 0 saturated carbocycles. The van der Waals surface area contributed by atoms with Crippen LogP contribution >= 0.6 is 0 Å². The van der Waals surface area contributed by atoms with Crippen LogP contribution in [-0.4, -0.2) is 15.6 Å². The largest absolute Gasteiger partial charge is 0.299 e. The molecule has 0 amide bonds. The van der Waals surface area contributed by atoms with E-state index in [1.165, 1.54) is 0 Å². The normalized spacial score (nSPS) is 11.8. The standard InChI is InChI=1S/C12H20N2O/c1-9-8-10(2)14(13-9)7-6-11(15)12(3,4)5/h8H,6-7H2,1-5H3. The highest BCUT2D eigenvalue weighted by Gasteiger charge is 2.20. The average Bonchev–Trinajstić information content (AvgIpc) is 2.39. The molecule has 0 unspecified atom stereocenters. The lowest BCUT2D eigenvalue weighted by molar-refractivity contribution is -0.126. The van der Waals surface area contributed by atoms with Gasteiger partial charge in [0.15, 0.2) is 0 Å². The Labute approximate surface area is 91.5 Å². The van der Waals surface area contributed by atoms with E-state index in [2.05, 4.69) is 5.10 Å². The number of rotatable bonds is 3. The van der Waals surface area contributed by atoms with Gasteiger partial charge in [0.2, 0.25) is 0 Å². The number of carbonyl (C=O) groups excluding carboxylic acids is 1. The Bertz CT molecular complexity index is 358. The van der Waals surface area contributed by atoms with Crippen LogP contribution in [0.25, 0.3) is 0 Å². The summed E-state index contributed by atoms with van der Waals surface area (Å²) in [6.07, 6.45) is 0.561. The molecule has 0 N–H and O–H groups in total. The predicted molar refractivity (Wildman–Crippen MR) is 60.8 cm³/mol. The zero-order valence-corrected chi connectivity index (χ0v) is 10.3. The van der Waals surface area contributed by atoms with E-state index in [1.54, 1.807) is 0 Å². The first-order valence-electron chi connectivity index (χ1n) is 5.35. The number of hydrogen-bond acceptors (Lipinski definition) is 2. The molecular formula is C12H20N2O. The fourth-order valence-corrected chi connectivity index (χ4v) is 1.48. The second-order valence-electron chi connectivity index (χ2n) is 5.07. The van der Waals surface area contributed by atoms with Gasteiger partial charge < -0.3 is 0 Å². The number of nitrogens with zero attached hydrogens (tertiary/aromatic N) is 2. The molecule has 1 rings (SSSR count). The summed E-state index contributed by atoms with van der Waals surface area (Å²) < 4.78 is 1.90. The quantitative estimate of drug-likeness (QED) is 0.765. The molecule has 15 heavy (non-hydrogen) atoms. The van der Waals surface area contributed by atoms with Gasteiger partial charge in [0.05, 0.1) is 5.69 Å². The molecule has 0 fully saturated rings. The fourth-order valence-electron chi connectivity index (χ4n) is 1.48. The van der Waals surface area contributed by atoms with E-state index in [9.17, 15) is 4.79 Å². The summed E-state index contributed by atoms with van der Waals surface area (Å²) >= 11 is 0. The fraction of sp³-hybridized carbons (Fsp3) is 0.667. The van der Waals surface area contributed by atoms with Gasteiger partial charge >= 0.3 is 0 Å². The molecule has 0 spiro atoms. The van der Waals surface area contributed by atoms with Crippen LogP contribution < -0.4 is 0 Å². The van der Waals surface area contributed by atoms with Gasteiger partial charge in [-0.1, -0.05) is 20.8 Å². The Balaban J connectivity index is 2.58. The minimum atomic E-state index is -0.240. The van der Waals surface area contributed by atoms with Crippen LogP contribution in [-0.2, 0) is 11.3 Å². The molecule has 1 aromatic rings. The van der Waals surface area contributed by atoms with Crippen molar-refractivity contribution in [2.24, 2.45) is 5.41 Å². The van der Waals surface area contributed by atoms with Crippen LogP contribution in [0.4, 0.5) is 0 Å². The van der Waals surface area contributed by atoms with E-state index in [1.807, 2.05) is 45.4 Å². The highest BCUT2D eigenvalue weighted by molar-refractivity contribution is 5.83. The summed E-state index contributed by atoms with van der Waals surface area (Å²) in [5.74, 6) is 0.287. The third kappa shape index (κ3) is 3.18. The van der Waals surface area contributed by atoms with Crippen molar-refractivity contribution in [2.75, 3.05) is 0 Å². The lowest BCUT2D eigenvalue weighted by atomic mass is 9.89. The van der Waals surface area contributed by atoms with E-state index >= 15 is 0 Å². The molecular weight excluding hydrogens is 188 g/mol. The molecule has 0 aliphatic carbocycles. The Morgan fingerprint density at radius 2 is 2.00 bits per heavy atom. The van der Waals surface area contributed by atoms with Gasteiger partial charge in [-0.15, -0.1) is 0 Å². The van der Waals surface area contributed by atoms with E-state index in [4.69, 9.17) is 0 Å². The van der Waals surface area contributed by atoms with E-state index < -0.39 is 0 Å². The van der Waals surface area contributed by atoms with Crippen LogP contribution in [0.1, 0.15) is 38.6 Å². The number of aryl methyl sites for hydroxylation is 3. The first-order chi connectivity index (χ1) is 6.80. The smallest absolute Gasteiger partial charge is 0.140 e. The van der Waals surface area contributed by atoms with Crippen LogP contribution in [0.3, 0.4) is 0 Å². The summed E-state index contributed by atoms with van der Waals surface area (Å²) in [6.45, 7) is 10.5. The molecule has 1 aromatic heterocycles. The van der Waals surface area contributed by atoms with Gasteiger partial charge in [-0.2, -0.15) is 5.10 Å². The maximum atomic E-state index is 11.7. The Morgan fingerprint density at radius 3 is 2.40 bits per heavy atom. The minimum absolute atomic E-state index is 0.240. The second-order valence-corrected chi connectivity index (χ2v) is 5.07. The number of Topliss-reactive ketones (excluding diaryl/α,β-unsaturated/α-hetero) is 1. The Kier molecular flexibility index (Phi) is 3.32. The van der Waals surface area contributed by atoms with Gasteiger partial charge in [0.25, 0.3) is 0 Å². The molecule has 0 atom stereocenters. The van der Waals surface area contributed by atoms with E-state index in [0.717, 1.165) is 11.4 Å². The molecule has 0 saturated heterocycles. The van der Waals surface area contributed by atoms with Crippen LogP contribution in [0.5, 0.6) is 0 Å². The SMILES string of the molecule is Cc1cc(C)n(CCC(=O)C(C)(C)C)n1. The van der Waals surface area contributed by atoms with Crippen molar-refractivity contribution in [3.05, 3.63) is 17.5 Å². The summed E-state index contributed by atoms with van der Waals surface area (Å²) in [5.41, 5.74) is 1.89. The topological polar surface area (TPSA) is 34.9 Å². The van der Waals surface area contributed by atoms with Crippen molar-refractivity contribution in [2.45, 2.75) is 47.6 Å². The molecule has 0 aliphatic heterocycles. The van der Waals surface area contributed by atoms with Gasteiger partial charge in [-0.3, -0.25) is 9.48 Å². The molecule has 1 heterocycles. The van der Waals surface area contributed by atoms with Crippen molar-refractivity contribution in [3.63, 3.8) is 0 Å². The van der Waals surface area contributed by atoms with Crippen molar-refractivity contribution in [1.82, 2.24) is 9.78 Å². The first-order valence-corrected chi connectivity index (χ1v) is 5.35. The molecule has 0 aromatic carbocycles. The molecule has 0 aliphatic rings. The Morgan fingerprint density at radius 1 is 1.40 bits per heavy atom. The van der Waals surface area contributed by atoms with E-state index in [-0.39, 0.29) is 11.2 Å². The number of ketones is 1. The predicted octanol–water partition coefficient (Wildman–Crippen LogP) is 2.51. The second kappa shape index (κ2) is 4.17. The minimum Gasteiger partial charge on any atom is -0.299 e. The van der Waals surface area contributed by atoms with Crippen molar-refractivity contribution < 1.29 is 4.79 Å². The summed E-state index contributed by atoms with van der Waals surface area (Å²) in [6, 6.07) is 2.03. The zero-order valence-electron chi connectivity index (χ0n) is 10.3. The lowest BCUT2D eigenvalue weighted by Gasteiger charge is -2.16. The lowest BCUT2D eigenvalue weighted by Crippen LogP contribution is -2.22. The third-order valence-electron chi connectivity index (χ3n) is 2.49. The molecule has 0 bridgehead atoms. The van der Waals surface area contributed by atoms with E-state index in [0.29, 0.717) is 13.0 Å². The van der Waals surface area contributed by atoms with Crippen LogP contribution in [0, 0.1) is 19.3 Å². The highest BCUT2D eigenvalue weighted by atomic mass is 16.1. The van der Waals surface area contributed by atoms with Crippen molar-refractivity contribution >= 4 is 5.78 Å². The average molecular weight is 208 g/mol. The third-order valence-corrected chi connectivity index (χ3v) is 2.49. The number of hydrogen-bond donors (Lipinski definition) is 0. The van der Waals surface area contributed by atoms with Gasteiger partial charge in [-0.05, 0) is 19.9 Å². The van der Waals surface area contributed by atoms with Gasteiger partial charge in [0, 0.05) is 24.1 Å². The monoisotopic (exact) mass is 208 g/mol. The van der Waals surface area contributed by atoms with Crippen LogP contribution in [0.15, 0.2) is 6.07 Å². The molecule has 84 valence electrons. The number of aromatic nitrogens is 2. The Hall–Kier alpha value is -1.12. The summed E-state index contributed by atoms with van der Waals surface area (Å²) in [4.78, 5) is 11.7. The van der Waals surface area contributed by atoms with Crippen LogP contribution in [0.2, 0.25) is 0 Å². The van der Waals surface area contributed by atoms with Gasteiger partial charge in [0.1, 0.15) is 5.78 Å². The van der Waals surface area contributed by atoms with Gasteiger partial charge in [-0.25, -0.2) is 0 Å². The molecule has 3 nitrogen and oxygen atoms in total. The maximum absolute atomic E-state index is 11.7. The zero-order chi connectivity index (χ0) is 11.6. The summed E-state index contributed by atoms with van der Waals surface area (Å²) in [5, 5.41) is 4.33. The number of carbonyl (C=O) groups is 1. The first kappa shape index (κ1) is 12.0. The highest BCUT2D eigenvalue weighted by Crippen LogP contribution is 2.17.